The molecule has 146 valence electrons. The van der Waals surface area contributed by atoms with E-state index < -0.39 is 23.6 Å². The van der Waals surface area contributed by atoms with Gasteiger partial charge >= 0.3 is 6.18 Å². The Bertz CT molecular complexity index is 791. The molecule has 1 amide bonds. The third kappa shape index (κ3) is 5.43. The Labute approximate surface area is 154 Å². The van der Waals surface area contributed by atoms with Crippen molar-refractivity contribution in [1.82, 2.24) is 4.90 Å². The predicted molar refractivity (Wildman–Crippen MR) is 94.0 cm³/mol. The summed E-state index contributed by atoms with van der Waals surface area (Å²) in [7, 11) is 3.07. The molecule has 8 heteroatoms. The average Bonchev–Trinajstić information content (AvgIpc) is 2.60. The number of hydrogen-bond donors (Lipinski definition) is 1. The van der Waals surface area contributed by atoms with Gasteiger partial charge in [-0.3, -0.25) is 9.69 Å². The second kappa shape index (κ2) is 8.39. The molecule has 0 aliphatic heterocycles. The first-order chi connectivity index (χ1) is 12.6. The number of ether oxygens (including phenoxy) is 1. The number of benzene rings is 2. The van der Waals surface area contributed by atoms with Gasteiger partial charge in [-0.25, -0.2) is 4.39 Å². The normalized spacial score (nSPS) is 12.7. The van der Waals surface area contributed by atoms with E-state index in [1.165, 1.54) is 31.4 Å². The Morgan fingerprint density at radius 2 is 1.81 bits per heavy atom. The molecule has 0 unspecified atom stereocenters. The molecule has 1 atom stereocenters. The van der Waals surface area contributed by atoms with Crippen LogP contribution in [-0.2, 0) is 17.5 Å². The van der Waals surface area contributed by atoms with Crippen LogP contribution in [-0.4, -0.2) is 31.0 Å². The maximum Gasteiger partial charge on any atom is 0.416 e. The number of methoxy groups -OCH3 is 1. The number of halogens is 4. The van der Waals surface area contributed by atoms with Gasteiger partial charge < -0.3 is 10.1 Å². The zero-order valence-electron chi connectivity index (χ0n) is 15.1. The van der Waals surface area contributed by atoms with Crippen molar-refractivity contribution in [1.29, 1.82) is 0 Å². The molecule has 0 bridgehead atoms. The number of amides is 1. The third-order valence-electron chi connectivity index (χ3n) is 4.17. The van der Waals surface area contributed by atoms with Crippen LogP contribution in [0.1, 0.15) is 18.1 Å². The largest absolute Gasteiger partial charge is 0.494 e. The summed E-state index contributed by atoms with van der Waals surface area (Å²) in [4.78, 5) is 14.0. The highest BCUT2D eigenvalue weighted by Crippen LogP contribution is 2.29. The maximum atomic E-state index is 13.8. The highest BCUT2D eigenvalue weighted by molar-refractivity contribution is 5.94. The highest BCUT2D eigenvalue weighted by Gasteiger charge is 2.30. The molecule has 2 rings (SSSR count). The van der Waals surface area contributed by atoms with E-state index in [0.29, 0.717) is 12.1 Å². The minimum atomic E-state index is -4.43. The van der Waals surface area contributed by atoms with E-state index in [-0.39, 0.29) is 17.3 Å². The van der Waals surface area contributed by atoms with Crippen LogP contribution in [0.25, 0.3) is 0 Å². The van der Waals surface area contributed by atoms with Crippen LogP contribution in [0.3, 0.4) is 0 Å². The zero-order chi connectivity index (χ0) is 20.2. The molecule has 0 heterocycles. The minimum Gasteiger partial charge on any atom is -0.494 e. The molecule has 4 nitrogen and oxygen atoms in total. The third-order valence-corrected chi connectivity index (χ3v) is 4.17. The van der Waals surface area contributed by atoms with E-state index in [0.717, 1.165) is 12.1 Å². The fourth-order valence-electron chi connectivity index (χ4n) is 2.42. The molecular formula is C19H20F4N2O2. The number of nitrogens with zero attached hydrogens (tertiary/aromatic N) is 1. The Kier molecular flexibility index (Phi) is 6.43. The van der Waals surface area contributed by atoms with Gasteiger partial charge in [-0.2, -0.15) is 13.2 Å². The summed E-state index contributed by atoms with van der Waals surface area (Å²) in [6, 6.07) is 8.16. The fourth-order valence-corrected chi connectivity index (χ4v) is 2.42. The number of alkyl halides is 3. The van der Waals surface area contributed by atoms with Crippen LogP contribution in [0.15, 0.2) is 42.5 Å². The molecular weight excluding hydrogens is 364 g/mol. The lowest BCUT2D eigenvalue weighted by Gasteiger charge is -2.24. The molecule has 0 saturated carbocycles. The number of carbonyl (C=O) groups is 1. The summed E-state index contributed by atoms with van der Waals surface area (Å²) in [5, 5.41) is 2.57. The summed E-state index contributed by atoms with van der Waals surface area (Å²) in [5.74, 6) is -0.744. The first-order valence-electron chi connectivity index (χ1n) is 8.12. The first kappa shape index (κ1) is 20.7. The van der Waals surface area contributed by atoms with Gasteiger partial charge in [-0.15, -0.1) is 0 Å². The lowest BCUT2D eigenvalue weighted by atomic mass is 10.1. The van der Waals surface area contributed by atoms with Gasteiger partial charge in [0.2, 0.25) is 5.91 Å². The molecule has 0 radical (unpaired) electrons. The monoisotopic (exact) mass is 384 g/mol. The van der Waals surface area contributed by atoms with Crippen LogP contribution in [0.4, 0.5) is 23.2 Å². The second-order valence-electron chi connectivity index (χ2n) is 6.12. The number of rotatable bonds is 6. The van der Waals surface area contributed by atoms with E-state index in [1.54, 1.807) is 24.9 Å². The molecule has 0 fully saturated rings. The molecule has 0 saturated heterocycles. The molecule has 0 spiro atoms. The Morgan fingerprint density at radius 1 is 1.19 bits per heavy atom. The Morgan fingerprint density at radius 3 is 2.33 bits per heavy atom. The molecule has 0 aliphatic rings. The molecule has 2 aromatic carbocycles. The maximum absolute atomic E-state index is 13.8. The molecule has 2 aromatic rings. The van der Waals surface area contributed by atoms with Crippen molar-refractivity contribution in [3.05, 3.63) is 59.4 Å². The lowest BCUT2D eigenvalue weighted by molar-refractivity contribution is -0.137. The quantitative estimate of drug-likeness (QED) is 0.755. The lowest BCUT2D eigenvalue weighted by Crippen LogP contribution is -2.39. The Hall–Kier alpha value is -2.61. The fraction of sp³-hybridized carbons (Fsp3) is 0.316. The molecule has 0 aromatic heterocycles. The number of hydrogen-bond acceptors (Lipinski definition) is 3. The highest BCUT2D eigenvalue weighted by atomic mass is 19.4. The van der Waals surface area contributed by atoms with E-state index >= 15 is 0 Å². The summed E-state index contributed by atoms with van der Waals surface area (Å²) >= 11 is 0. The Balaban J connectivity index is 1.98. The van der Waals surface area contributed by atoms with Crippen LogP contribution >= 0.6 is 0 Å². The summed E-state index contributed by atoms with van der Waals surface area (Å²) in [6.07, 6.45) is -4.43. The van der Waals surface area contributed by atoms with Gasteiger partial charge in [-0.05, 0) is 55.9 Å². The van der Waals surface area contributed by atoms with Crippen LogP contribution in [0.5, 0.6) is 5.75 Å². The smallest absolute Gasteiger partial charge is 0.416 e. The predicted octanol–water partition coefficient (Wildman–Crippen LogP) is 4.31. The number of nitrogens with one attached hydrogen (secondary N) is 1. The van der Waals surface area contributed by atoms with Crippen molar-refractivity contribution in [2.75, 3.05) is 19.5 Å². The summed E-state index contributed by atoms with van der Waals surface area (Å²) in [5.41, 5.74) is 0.140. The van der Waals surface area contributed by atoms with Crippen molar-refractivity contribution in [3.8, 4) is 5.75 Å². The van der Waals surface area contributed by atoms with Gasteiger partial charge in [0.25, 0.3) is 0 Å². The topological polar surface area (TPSA) is 41.6 Å². The van der Waals surface area contributed by atoms with Crippen molar-refractivity contribution >= 4 is 11.6 Å². The summed E-state index contributed by atoms with van der Waals surface area (Å²) in [6.45, 7) is 1.96. The van der Waals surface area contributed by atoms with E-state index in [2.05, 4.69) is 5.32 Å². The second-order valence-corrected chi connectivity index (χ2v) is 6.12. The summed E-state index contributed by atoms with van der Waals surface area (Å²) < 4.78 is 56.3. The van der Waals surface area contributed by atoms with Gasteiger partial charge in [-0.1, -0.05) is 6.07 Å². The number of carbonyl (C=O) groups excluding carboxylic acids is 1. The van der Waals surface area contributed by atoms with Crippen molar-refractivity contribution < 1.29 is 27.1 Å². The number of likely N-dealkylation sites (N-methyl/N-ethyl adjacent to an activating group) is 1. The van der Waals surface area contributed by atoms with Gasteiger partial charge in [0, 0.05) is 12.2 Å². The molecule has 1 N–H and O–H groups in total. The van der Waals surface area contributed by atoms with Crippen molar-refractivity contribution in [3.63, 3.8) is 0 Å². The molecule has 27 heavy (non-hydrogen) atoms. The van der Waals surface area contributed by atoms with Crippen LogP contribution in [0.2, 0.25) is 0 Å². The SMILES string of the molecule is COc1ccc(CN(C)[C@@H](C)C(=O)Nc2ccc(C(F)(F)F)cc2)cc1F. The van der Waals surface area contributed by atoms with Crippen LogP contribution in [0, 0.1) is 5.82 Å². The van der Waals surface area contributed by atoms with Gasteiger partial charge in [0.15, 0.2) is 11.6 Å². The number of anilines is 1. The molecule has 0 aliphatic carbocycles. The zero-order valence-corrected chi connectivity index (χ0v) is 15.1. The average molecular weight is 384 g/mol. The van der Waals surface area contributed by atoms with E-state index in [1.807, 2.05) is 0 Å². The van der Waals surface area contributed by atoms with Gasteiger partial charge in [0.1, 0.15) is 0 Å². The van der Waals surface area contributed by atoms with Crippen molar-refractivity contribution in [2.24, 2.45) is 0 Å². The van der Waals surface area contributed by atoms with E-state index in [9.17, 15) is 22.4 Å². The standard InChI is InChI=1S/C19H20F4N2O2/c1-12(25(2)11-13-4-9-17(27-3)16(20)10-13)18(26)24-15-7-5-14(6-8-15)19(21,22)23/h4-10,12H,11H2,1-3H3,(H,24,26)/t12-/m0/s1. The first-order valence-corrected chi connectivity index (χ1v) is 8.12. The van der Waals surface area contributed by atoms with Crippen LogP contribution < -0.4 is 10.1 Å². The van der Waals surface area contributed by atoms with Crippen molar-refractivity contribution in [2.45, 2.75) is 25.7 Å². The minimum absolute atomic E-state index is 0.134. The van der Waals surface area contributed by atoms with E-state index in [4.69, 9.17) is 4.74 Å². The van der Waals surface area contributed by atoms with Gasteiger partial charge in [0.05, 0.1) is 18.7 Å².